The zero-order valence-electron chi connectivity index (χ0n) is 12.4. The highest BCUT2D eigenvalue weighted by Gasteiger charge is 2.21. The minimum Gasteiger partial charge on any atom is -0.465 e. The van der Waals surface area contributed by atoms with Gasteiger partial charge in [0.1, 0.15) is 0 Å². The standard InChI is InChI=1S/C17H15O5P/c1-22-17(18)16-14-8-3-2-5-11(14)9-12-6-4-7-13(15(12)16)10-23(19,20)21/h2-9H,10H2,1H3,(H2,19,20,21). The van der Waals surface area contributed by atoms with Crippen LogP contribution < -0.4 is 0 Å². The lowest BCUT2D eigenvalue weighted by Gasteiger charge is -2.14. The number of carbonyl (C=O) groups is 1. The largest absolute Gasteiger partial charge is 0.465 e. The summed E-state index contributed by atoms with van der Waals surface area (Å²) in [5.41, 5.74) is 0.770. The van der Waals surface area contributed by atoms with Crippen LogP contribution in [0.4, 0.5) is 0 Å². The van der Waals surface area contributed by atoms with Crippen molar-refractivity contribution in [2.75, 3.05) is 7.11 Å². The van der Waals surface area contributed by atoms with Crippen molar-refractivity contribution in [1.82, 2.24) is 0 Å². The lowest BCUT2D eigenvalue weighted by Crippen LogP contribution is -2.05. The molecule has 0 amide bonds. The lowest BCUT2D eigenvalue weighted by atomic mass is 9.94. The molecular weight excluding hydrogens is 315 g/mol. The maximum Gasteiger partial charge on any atom is 0.339 e. The van der Waals surface area contributed by atoms with Gasteiger partial charge >= 0.3 is 13.6 Å². The van der Waals surface area contributed by atoms with Crippen LogP contribution in [-0.2, 0) is 15.5 Å². The average Bonchev–Trinajstić information content (AvgIpc) is 2.51. The van der Waals surface area contributed by atoms with Gasteiger partial charge in [-0.1, -0.05) is 42.5 Å². The third-order valence-electron chi connectivity index (χ3n) is 3.74. The molecule has 5 nitrogen and oxygen atoms in total. The zero-order chi connectivity index (χ0) is 16.6. The molecule has 3 aromatic rings. The van der Waals surface area contributed by atoms with Gasteiger partial charge in [0, 0.05) is 5.39 Å². The van der Waals surface area contributed by atoms with Gasteiger partial charge in [-0.05, 0) is 27.8 Å². The number of hydrogen-bond acceptors (Lipinski definition) is 3. The van der Waals surface area contributed by atoms with E-state index in [2.05, 4.69) is 0 Å². The molecule has 0 aliphatic carbocycles. The third-order valence-corrected chi connectivity index (χ3v) is 4.49. The first-order chi connectivity index (χ1) is 10.9. The SMILES string of the molecule is COC(=O)c1c2ccccc2cc2cccc(CP(=O)(O)O)c12. The Bertz CT molecular complexity index is 958. The summed E-state index contributed by atoms with van der Waals surface area (Å²) in [5, 5.41) is 2.84. The summed E-state index contributed by atoms with van der Waals surface area (Å²) in [5.74, 6) is -0.523. The number of fused-ring (bicyclic) bond motifs is 2. The first-order valence-electron chi connectivity index (χ1n) is 6.97. The van der Waals surface area contributed by atoms with Crippen LogP contribution in [0.3, 0.4) is 0 Å². The molecule has 0 aliphatic rings. The first-order valence-corrected chi connectivity index (χ1v) is 8.77. The Morgan fingerprint density at radius 1 is 1.09 bits per heavy atom. The summed E-state index contributed by atoms with van der Waals surface area (Å²) >= 11 is 0. The minimum absolute atomic E-state index is 0.338. The molecule has 2 N–H and O–H groups in total. The van der Waals surface area contributed by atoms with Crippen molar-refractivity contribution in [3.05, 3.63) is 59.7 Å². The van der Waals surface area contributed by atoms with E-state index in [0.29, 0.717) is 21.9 Å². The van der Waals surface area contributed by atoms with E-state index in [-0.39, 0.29) is 0 Å². The Labute approximate surface area is 132 Å². The summed E-state index contributed by atoms with van der Waals surface area (Å²) < 4.78 is 16.3. The summed E-state index contributed by atoms with van der Waals surface area (Å²) in [6, 6.07) is 14.4. The molecule has 6 heteroatoms. The van der Waals surface area contributed by atoms with E-state index >= 15 is 0 Å². The van der Waals surface area contributed by atoms with Gasteiger partial charge in [-0.3, -0.25) is 4.57 Å². The molecule has 0 unspecified atom stereocenters. The molecule has 0 aliphatic heterocycles. The number of esters is 1. The number of hydrogen-bond donors (Lipinski definition) is 2. The van der Waals surface area contributed by atoms with E-state index in [1.165, 1.54) is 7.11 Å². The van der Waals surface area contributed by atoms with Crippen molar-refractivity contribution in [2.24, 2.45) is 0 Å². The van der Waals surface area contributed by atoms with Gasteiger partial charge in [0.15, 0.2) is 0 Å². The molecule has 3 aromatic carbocycles. The van der Waals surface area contributed by atoms with Crippen molar-refractivity contribution >= 4 is 35.1 Å². The summed E-state index contributed by atoms with van der Waals surface area (Å²) in [6.07, 6.45) is -0.424. The molecular formula is C17H15O5P. The monoisotopic (exact) mass is 330 g/mol. The average molecular weight is 330 g/mol. The van der Waals surface area contributed by atoms with Crippen LogP contribution in [0.25, 0.3) is 21.5 Å². The molecule has 0 radical (unpaired) electrons. The normalized spacial score (nSPS) is 11.8. The van der Waals surface area contributed by atoms with Crippen molar-refractivity contribution in [2.45, 2.75) is 6.16 Å². The second-order valence-electron chi connectivity index (χ2n) is 5.30. The van der Waals surface area contributed by atoms with Crippen molar-refractivity contribution in [3.8, 4) is 0 Å². The van der Waals surface area contributed by atoms with Crippen LogP contribution in [-0.4, -0.2) is 22.9 Å². The van der Waals surface area contributed by atoms with E-state index in [0.717, 1.165) is 10.8 Å². The maximum absolute atomic E-state index is 12.3. The molecule has 0 heterocycles. The minimum atomic E-state index is -4.26. The van der Waals surface area contributed by atoms with Crippen LogP contribution in [0.2, 0.25) is 0 Å². The van der Waals surface area contributed by atoms with E-state index < -0.39 is 19.7 Å². The Morgan fingerprint density at radius 2 is 1.78 bits per heavy atom. The van der Waals surface area contributed by atoms with Crippen LogP contribution >= 0.6 is 7.60 Å². The summed E-state index contributed by atoms with van der Waals surface area (Å²) in [4.78, 5) is 31.0. The highest BCUT2D eigenvalue weighted by Crippen LogP contribution is 2.42. The fraction of sp³-hybridized carbons (Fsp3) is 0.118. The molecule has 118 valence electrons. The van der Waals surface area contributed by atoms with E-state index in [1.807, 2.05) is 30.3 Å². The van der Waals surface area contributed by atoms with E-state index in [9.17, 15) is 19.1 Å². The number of carbonyl (C=O) groups excluding carboxylic acids is 1. The second kappa shape index (κ2) is 5.78. The molecule has 23 heavy (non-hydrogen) atoms. The quantitative estimate of drug-likeness (QED) is 0.436. The van der Waals surface area contributed by atoms with Gasteiger partial charge < -0.3 is 14.5 Å². The second-order valence-corrected chi connectivity index (χ2v) is 6.95. The highest BCUT2D eigenvalue weighted by molar-refractivity contribution is 7.50. The number of benzene rings is 3. The summed E-state index contributed by atoms with van der Waals surface area (Å²) in [6.45, 7) is 0. The topological polar surface area (TPSA) is 83.8 Å². The maximum atomic E-state index is 12.3. The Hall–Kier alpha value is -2.20. The number of methoxy groups -OCH3 is 1. The highest BCUT2D eigenvalue weighted by atomic mass is 31.2. The van der Waals surface area contributed by atoms with E-state index in [1.54, 1.807) is 18.2 Å². The fourth-order valence-corrected chi connectivity index (χ4v) is 3.57. The summed E-state index contributed by atoms with van der Waals surface area (Å²) in [7, 11) is -2.97. The van der Waals surface area contributed by atoms with Crippen LogP contribution in [0.1, 0.15) is 15.9 Å². The van der Waals surface area contributed by atoms with Gasteiger partial charge in [-0.25, -0.2) is 4.79 Å². The Balaban J connectivity index is 2.46. The molecule has 0 aromatic heterocycles. The zero-order valence-corrected chi connectivity index (χ0v) is 13.3. The Kier molecular flexibility index (Phi) is 3.94. The Morgan fingerprint density at radius 3 is 2.48 bits per heavy atom. The van der Waals surface area contributed by atoms with Crippen LogP contribution in [0.5, 0.6) is 0 Å². The molecule has 0 saturated carbocycles. The molecule has 0 atom stereocenters. The molecule has 0 spiro atoms. The number of ether oxygens (including phenoxy) is 1. The van der Waals surface area contributed by atoms with Gasteiger partial charge in [-0.2, -0.15) is 0 Å². The van der Waals surface area contributed by atoms with Gasteiger partial charge in [0.25, 0.3) is 0 Å². The predicted molar refractivity (Wildman–Crippen MR) is 88.5 cm³/mol. The van der Waals surface area contributed by atoms with Crippen molar-refractivity contribution in [3.63, 3.8) is 0 Å². The van der Waals surface area contributed by atoms with Crippen LogP contribution in [0, 0.1) is 0 Å². The molecule has 0 bridgehead atoms. The van der Waals surface area contributed by atoms with Gasteiger partial charge in [0.05, 0.1) is 18.8 Å². The van der Waals surface area contributed by atoms with Gasteiger partial charge in [-0.15, -0.1) is 0 Å². The lowest BCUT2D eigenvalue weighted by molar-refractivity contribution is 0.0605. The van der Waals surface area contributed by atoms with E-state index in [4.69, 9.17) is 4.74 Å². The predicted octanol–water partition coefficient (Wildman–Crippen LogP) is 3.46. The smallest absolute Gasteiger partial charge is 0.339 e. The fourth-order valence-electron chi connectivity index (χ4n) is 2.87. The number of rotatable bonds is 3. The third kappa shape index (κ3) is 2.99. The van der Waals surface area contributed by atoms with Crippen molar-refractivity contribution in [1.29, 1.82) is 0 Å². The van der Waals surface area contributed by atoms with Crippen molar-refractivity contribution < 1.29 is 23.9 Å². The first kappa shape index (κ1) is 15.7. The molecule has 3 rings (SSSR count). The molecule has 0 saturated heterocycles. The van der Waals surface area contributed by atoms with Crippen LogP contribution in [0.15, 0.2) is 48.5 Å². The molecule has 0 fully saturated rings. The van der Waals surface area contributed by atoms with Gasteiger partial charge in [0.2, 0.25) is 0 Å².